The Morgan fingerprint density at radius 2 is 1.92 bits per heavy atom. The summed E-state index contributed by atoms with van der Waals surface area (Å²) < 4.78 is 5.42. The number of ether oxygens (including phenoxy) is 1. The fourth-order valence-corrected chi connectivity index (χ4v) is 2.82. The third-order valence-corrected chi connectivity index (χ3v) is 4.42. The maximum absolute atomic E-state index is 6.18. The Labute approximate surface area is 158 Å². The summed E-state index contributed by atoms with van der Waals surface area (Å²) in [6, 6.07) is 15.6. The minimum atomic E-state index is 0.633. The fraction of sp³-hybridized carbons (Fsp3) is 0.200. The minimum absolute atomic E-state index is 0.633. The Hall–Kier alpha value is -2.79. The molecule has 0 amide bonds. The van der Waals surface area contributed by atoms with Crippen LogP contribution in [0.25, 0.3) is 0 Å². The maximum atomic E-state index is 6.18. The molecule has 2 aromatic carbocycles. The number of halogens is 1. The Morgan fingerprint density at radius 1 is 1.15 bits per heavy atom. The van der Waals surface area contributed by atoms with E-state index in [9.17, 15) is 0 Å². The highest BCUT2D eigenvalue weighted by atomic mass is 35.5. The number of hydrogen-bond donors (Lipinski definition) is 1. The van der Waals surface area contributed by atoms with Crippen LogP contribution in [-0.2, 0) is 0 Å². The molecular weight excluding hydrogens is 348 g/mol. The van der Waals surface area contributed by atoms with Crippen molar-refractivity contribution in [3.8, 4) is 5.75 Å². The van der Waals surface area contributed by atoms with Gasteiger partial charge in [-0.3, -0.25) is 0 Å². The van der Waals surface area contributed by atoms with Gasteiger partial charge in [0.15, 0.2) is 0 Å². The zero-order chi connectivity index (χ0) is 18.5. The van der Waals surface area contributed by atoms with Crippen molar-refractivity contribution in [2.24, 2.45) is 0 Å². The second kappa shape index (κ2) is 8.06. The molecule has 0 aliphatic carbocycles. The van der Waals surface area contributed by atoms with Crippen LogP contribution in [0.4, 0.5) is 23.1 Å². The van der Waals surface area contributed by atoms with Crippen molar-refractivity contribution < 1.29 is 4.74 Å². The van der Waals surface area contributed by atoms with E-state index in [0.29, 0.717) is 22.5 Å². The summed E-state index contributed by atoms with van der Waals surface area (Å²) in [4.78, 5) is 11.1. The van der Waals surface area contributed by atoms with Gasteiger partial charge in [0.05, 0.1) is 12.8 Å². The predicted octanol–water partition coefficient (Wildman–Crippen LogP) is 5.35. The molecule has 1 heterocycles. The molecule has 0 atom stereocenters. The van der Waals surface area contributed by atoms with E-state index in [1.54, 1.807) is 19.4 Å². The summed E-state index contributed by atoms with van der Waals surface area (Å²) in [5.74, 6) is 1.98. The van der Waals surface area contributed by atoms with Crippen molar-refractivity contribution >= 4 is 34.7 Å². The van der Waals surface area contributed by atoms with Crippen LogP contribution in [0.3, 0.4) is 0 Å². The van der Waals surface area contributed by atoms with Crippen LogP contribution in [-0.4, -0.2) is 23.6 Å². The van der Waals surface area contributed by atoms with Crippen molar-refractivity contribution in [1.29, 1.82) is 0 Å². The van der Waals surface area contributed by atoms with Gasteiger partial charge in [-0.25, -0.2) is 4.98 Å². The average Bonchev–Trinajstić information content (AvgIpc) is 2.66. The lowest BCUT2D eigenvalue weighted by Crippen LogP contribution is -2.19. The summed E-state index contributed by atoms with van der Waals surface area (Å²) in [6.45, 7) is 4.78. The molecule has 6 heteroatoms. The van der Waals surface area contributed by atoms with Gasteiger partial charge in [0, 0.05) is 29.5 Å². The molecule has 1 aromatic heterocycles. The monoisotopic (exact) mass is 368 g/mol. The quantitative estimate of drug-likeness (QED) is 0.635. The number of anilines is 4. The van der Waals surface area contributed by atoms with Gasteiger partial charge < -0.3 is 15.0 Å². The molecule has 0 aliphatic heterocycles. The van der Waals surface area contributed by atoms with E-state index < -0.39 is 0 Å². The predicted molar refractivity (Wildman–Crippen MR) is 107 cm³/mol. The smallest absolute Gasteiger partial charge is 0.231 e. The number of rotatable bonds is 6. The summed E-state index contributed by atoms with van der Waals surface area (Å²) in [5.41, 5.74) is 2.82. The van der Waals surface area contributed by atoms with Gasteiger partial charge in [-0.15, -0.1) is 0 Å². The highest BCUT2D eigenvalue weighted by molar-refractivity contribution is 6.31. The molecule has 26 heavy (non-hydrogen) atoms. The molecule has 0 unspecified atom stereocenters. The first-order valence-corrected chi connectivity index (χ1v) is 8.77. The van der Waals surface area contributed by atoms with E-state index in [1.165, 1.54) is 0 Å². The standard InChI is InChI=1S/C20H21ClN4O/c1-4-25(15-8-6-5-7-9-15)20-22-11-10-19(24-20)23-17-12-14(2)16(21)13-18(17)26-3/h5-13H,4H2,1-3H3,(H,22,23,24). The molecule has 0 spiro atoms. The molecule has 3 rings (SSSR count). The maximum Gasteiger partial charge on any atom is 0.231 e. The van der Waals surface area contributed by atoms with Crippen molar-refractivity contribution in [3.05, 3.63) is 65.3 Å². The molecular formula is C20H21ClN4O. The van der Waals surface area contributed by atoms with Gasteiger partial charge in [0.2, 0.25) is 5.95 Å². The first kappa shape index (κ1) is 18.0. The van der Waals surface area contributed by atoms with Crippen LogP contribution >= 0.6 is 11.6 Å². The third kappa shape index (κ3) is 3.89. The van der Waals surface area contributed by atoms with Crippen LogP contribution in [0.2, 0.25) is 5.02 Å². The van der Waals surface area contributed by atoms with Crippen LogP contribution < -0.4 is 15.0 Å². The van der Waals surface area contributed by atoms with Gasteiger partial charge >= 0.3 is 0 Å². The highest BCUT2D eigenvalue weighted by Crippen LogP contribution is 2.33. The highest BCUT2D eigenvalue weighted by Gasteiger charge is 2.12. The molecule has 0 saturated carbocycles. The van der Waals surface area contributed by atoms with E-state index in [2.05, 4.69) is 27.1 Å². The minimum Gasteiger partial charge on any atom is -0.495 e. The first-order valence-electron chi connectivity index (χ1n) is 8.39. The number of benzene rings is 2. The lowest BCUT2D eigenvalue weighted by Gasteiger charge is -2.21. The van der Waals surface area contributed by atoms with E-state index in [-0.39, 0.29) is 0 Å². The Bertz CT molecular complexity index is 886. The van der Waals surface area contributed by atoms with E-state index in [1.807, 2.05) is 49.4 Å². The Morgan fingerprint density at radius 3 is 2.62 bits per heavy atom. The lowest BCUT2D eigenvalue weighted by atomic mass is 10.2. The van der Waals surface area contributed by atoms with E-state index in [0.717, 1.165) is 23.5 Å². The van der Waals surface area contributed by atoms with Crippen molar-refractivity contribution in [1.82, 2.24) is 9.97 Å². The number of methoxy groups -OCH3 is 1. The van der Waals surface area contributed by atoms with Gasteiger partial charge in [0.25, 0.3) is 0 Å². The number of para-hydroxylation sites is 1. The van der Waals surface area contributed by atoms with Crippen molar-refractivity contribution in [2.75, 3.05) is 23.9 Å². The van der Waals surface area contributed by atoms with Crippen LogP contribution in [0.5, 0.6) is 5.75 Å². The van der Waals surface area contributed by atoms with Crippen molar-refractivity contribution in [3.63, 3.8) is 0 Å². The van der Waals surface area contributed by atoms with Gasteiger partial charge in [-0.05, 0) is 43.7 Å². The molecule has 134 valence electrons. The number of nitrogens with one attached hydrogen (secondary N) is 1. The van der Waals surface area contributed by atoms with E-state index in [4.69, 9.17) is 16.3 Å². The largest absolute Gasteiger partial charge is 0.495 e. The van der Waals surface area contributed by atoms with Crippen LogP contribution in [0.1, 0.15) is 12.5 Å². The van der Waals surface area contributed by atoms with Crippen LogP contribution in [0.15, 0.2) is 54.7 Å². The average molecular weight is 369 g/mol. The normalized spacial score (nSPS) is 10.5. The number of aryl methyl sites for hydroxylation is 1. The second-order valence-corrected chi connectivity index (χ2v) is 6.16. The molecule has 1 N–H and O–H groups in total. The topological polar surface area (TPSA) is 50.3 Å². The molecule has 0 bridgehead atoms. The zero-order valence-electron chi connectivity index (χ0n) is 15.0. The van der Waals surface area contributed by atoms with Gasteiger partial charge in [0.1, 0.15) is 11.6 Å². The summed E-state index contributed by atoms with van der Waals surface area (Å²) in [7, 11) is 1.62. The first-order chi connectivity index (χ1) is 12.6. The van der Waals surface area contributed by atoms with Gasteiger partial charge in [-0.2, -0.15) is 4.98 Å². The molecule has 0 fully saturated rings. The zero-order valence-corrected chi connectivity index (χ0v) is 15.8. The number of nitrogens with zero attached hydrogens (tertiary/aromatic N) is 3. The van der Waals surface area contributed by atoms with Gasteiger partial charge in [-0.1, -0.05) is 29.8 Å². The van der Waals surface area contributed by atoms with E-state index >= 15 is 0 Å². The second-order valence-electron chi connectivity index (χ2n) is 5.75. The third-order valence-electron chi connectivity index (χ3n) is 4.01. The SMILES string of the molecule is CCN(c1ccccc1)c1nccc(Nc2cc(C)c(Cl)cc2OC)n1. The summed E-state index contributed by atoms with van der Waals surface area (Å²) >= 11 is 6.18. The summed E-state index contributed by atoms with van der Waals surface area (Å²) in [5, 5.41) is 3.96. The number of hydrogen-bond acceptors (Lipinski definition) is 5. The Balaban J connectivity index is 1.92. The molecule has 0 aliphatic rings. The van der Waals surface area contributed by atoms with Crippen molar-refractivity contribution in [2.45, 2.75) is 13.8 Å². The fourth-order valence-electron chi connectivity index (χ4n) is 2.66. The molecule has 3 aromatic rings. The van der Waals surface area contributed by atoms with Crippen LogP contribution in [0, 0.1) is 6.92 Å². The molecule has 5 nitrogen and oxygen atoms in total. The lowest BCUT2D eigenvalue weighted by molar-refractivity contribution is 0.416. The Kier molecular flexibility index (Phi) is 5.58. The molecule has 0 radical (unpaired) electrons. The number of aromatic nitrogens is 2. The molecule has 0 saturated heterocycles. The summed E-state index contributed by atoms with van der Waals surface area (Å²) in [6.07, 6.45) is 1.74.